The summed E-state index contributed by atoms with van der Waals surface area (Å²) in [5.41, 5.74) is 0.463. The Labute approximate surface area is 116 Å². The van der Waals surface area contributed by atoms with Gasteiger partial charge in [-0.15, -0.1) is 0 Å². The Morgan fingerprint density at radius 2 is 2.45 bits per heavy atom. The van der Waals surface area contributed by atoms with Crippen LogP contribution in [-0.2, 0) is 21.4 Å². The lowest BCUT2D eigenvalue weighted by molar-refractivity contribution is -0.142. The first-order chi connectivity index (χ1) is 9.56. The molecule has 2 atom stereocenters. The molecule has 1 aromatic rings. The van der Waals surface area contributed by atoms with Crippen LogP contribution in [0.5, 0.6) is 0 Å². The molecule has 0 radical (unpaired) electrons. The average Bonchev–Trinajstić information content (AvgIpc) is 3.04. The number of ether oxygens (including phenoxy) is 1. The normalized spacial score (nSPS) is 19.8. The van der Waals surface area contributed by atoms with E-state index in [1.54, 1.807) is 13.2 Å². The van der Waals surface area contributed by atoms with E-state index in [4.69, 9.17) is 4.74 Å². The van der Waals surface area contributed by atoms with E-state index in [1.807, 2.05) is 0 Å². The molecular weight excluding hydrogens is 262 g/mol. The van der Waals surface area contributed by atoms with E-state index in [2.05, 4.69) is 10.4 Å². The van der Waals surface area contributed by atoms with Gasteiger partial charge in [0.2, 0.25) is 5.91 Å². The number of aromatic nitrogens is 2. The SMILES string of the molecule is Cn1cc(C(NC(=O)CCC2CCCO2)C(=O)O)cn1. The zero-order valence-corrected chi connectivity index (χ0v) is 11.4. The van der Waals surface area contributed by atoms with Crippen molar-refractivity contribution in [3.05, 3.63) is 18.0 Å². The van der Waals surface area contributed by atoms with Crippen LogP contribution in [0.4, 0.5) is 0 Å². The highest BCUT2D eigenvalue weighted by atomic mass is 16.5. The van der Waals surface area contributed by atoms with Gasteiger partial charge >= 0.3 is 5.97 Å². The van der Waals surface area contributed by atoms with Gasteiger partial charge in [-0.05, 0) is 19.3 Å². The van der Waals surface area contributed by atoms with Crippen molar-refractivity contribution in [1.82, 2.24) is 15.1 Å². The Balaban J connectivity index is 1.87. The molecule has 1 fully saturated rings. The van der Waals surface area contributed by atoms with Crippen molar-refractivity contribution in [1.29, 1.82) is 0 Å². The van der Waals surface area contributed by atoms with Gasteiger partial charge in [-0.3, -0.25) is 9.48 Å². The van der Waals surface area contributed by atoms with Gasteiger partial charge < -0.3 is 15.2 Å². The van der Waals surface area contributed by atoms with Gasteiger partial charge in [0.05, 0.1) is 12.3 Å². The fourth-order valence-electron chi connectivity index (χ4n) is 2.27. The minimum atomic E-state index is -1.09. The van der Waals surface area contributed by atoms with Gasteiger partial charge in [-0.1, -0.05) is 0 Å². The molecule has 20 heavy (non-hydrogen) atoms. The number of hydrogen-bond donors (Lipinski definition) is 2. The van der Waals surface area contributed by atoms with Gasteiger partial charge in [0, 0.05) is 31.8 Å². The van der Waals surface area contributed by atoms with Crippen molar-refractivity contribution in [2.75, 3.05) is 6.61 Å². The number of carboxylic acid groups (broad SMARTS) is 1. The lowest BCUT2D eigenvalue weighted by Gasteiger charge is -2.14. The van der Waals surface area contributed by atoms with Crippen LogP contribution in [0.15, 0.2) is 12.4 Å². The summed E-state index contributed by atoms with van der Waals surface area (Å²) in [6.07, 6.45) is 6.05. The van der Waals surface area contributed by atoms with Gasteiger partial charge in [0.25, 0.3) is 0 Å². The summed E-state index contributed by atoms with van der Waals surface area (Å²) in [6, 6.07) is -1.05. The van der Waals surface area contributed by atoms with E-state index < -0.39 is 12.0 Å². The molecule has 2 heterocycles. The third-order valence-corrected chi connectivity index (χ3v) is 3.33. The summed E-state index contributed by atoms with van der Waals surface area (Å²) >= 11 is 0. The van der Waals surface area contributed by atoms with Crippen LogP contribution in [0, 0.1) is 0 Å². The van der Waals surface area contributed by atoms with E-state index in [9.17, 15) is 14.7 Å². The average molecular weight is 281 g/mol. The molecule has 1 aliphatic heterocycles. The summed E-state index contributed by atoms with van der Waals surface area (Å²) in [7, 11) is 1.70. The molecule has 0 bridgehead atoms. The number of nitrogens with one attached hydrogen (secondary N) is 1. The van der Waals surface area contributed by atoms with Crippen LogP contribution >= 0.6 is 0 Å². The first-order valence-electron chi connectivity index (χ1n) is 6.68. The zero-order chi connectivity index (χ0) is 14.5. The molecule has 0 spiro atoms. The van der Waals surface area contributed by atoms with Crippen LogP contribution < -0.4 is 5.32 Å². The van der Waals surface area contributed by atoms with E-state index in [1.165, 1.54) is 10.9 Å². The smallest absolute Gasteiger partial charge is 0.331 e. The third-order valence-electron chi connectivity index (χ3n) is 3.33. The molecule has 1 aliphatic rings. The van der Waals surface area contributed by atoms with Crippen molar-refractivity contribution in [2.24, 2.45) is 7.05 Å². The summed E-state index contributed by atoms with van der Waals surface area (Å²) in [4.78, 5) is 23.1. The van der Waals surface area contributed by atoms with Crippen LogP contribution in [0.2, 0.25) is 0 Å². The Morgan fingerprint density at radius 1 is 1.65 bits per heavy atom. The molecule has 7 nitrogen and oxygen atoms in total. The van der Waals surface area contributed by atoms with Gasteiger partial charge in [0.15, 0.2) is 6.04 Å². The van der Waals surface area contributed by atoms with Crippen molar-refractivity contribution < 1.29 is 19.4 Å². The monoisotopic (exact) mass is 281 g/mol. The van der Waals surface area contributed by atoms with Gasteiger partial charge in [0.1, 0.15) is 0 Å². The molecule has 7 heteroatoms. The van der Waals surface area contributed by atoms with Crippen molar-refractivity contribution in [2.45, 2.75) is 37.8 Å². The number of aliphatic carboxylic acids is 1. The highest BCUT2D eigenvalue weighted by Crippen LogP contribution is 2.17. The quantitative estimate of drug-likeness (QED) is 0.797. The maximum absolute atomic E-state index is 11.8. The third kappa shape index (κ3) is 3.80. The van der Waals surface area contributed by atoms with Crippen LogP contribution in [-0.4, -0.2) is 39.5 Å². The molecule has 1 saturated heterocycles. The maximum atomic E-state index is 11.8. The molecule has 2 unspecified atom stereocenters. The highest BCUT2D eigenvalue weighted by molar-refractivity contribution is 5.84. The lowest BCUT2D eigenvalue weighted by atomic mass is 10.1. The Bertz CT molecular complexity index is 480. The molecule has 2 rings (SSSR count). The van der Waals surface area contributed by atoms with E-state index in [-0.39, 0.29) is 18.4 Å². The number of amides is 1. The number of carboxylic acids is 1. The minimum Gasteiger partial charge on any atom is -0.479 e. The van der Waals surface area contributed by atoms with Crippen molar-refractivity contribution >= 4 is 11.9 Å². The first kappa shape index (κ1) is 14.5. The predicted octanol–water partition coefficient (Wildman–Crippen LogP) is 0.621. The molecule has 1 aromatic heterocycles. The molecule has 0 aromatic carbocycles. The summed E-state index contributed by atoms with van der Waals surface area (Å²) in [5, 5.41) is 15.6. The topological polar surface area (TPSA) is 93.5 Å². The molecule has 0 aliphatic carbocycles. The van der Waals surface area contributed by atoms with Crippen molar-refractivity contribution in [3.63, 3.8) is 0 Å². The second-order valence-corrected chi connectivity index (χ2v) is 4.96. The van der Waals surface area contributed by atoms with Gasteiger partial charge in [-0.25, -0.2) is 4.79 Å². The molecular formula is C13H19N3O4. The van der Waals surface area contributed by atoms with E-state index in [0.29, 0.717) is 12.0 Å². The Hall–Kier alpha value is -1.89. The fourth-order valence-corrected chi connectivity index (χ4v) is 2.27. The highest BCUT2D eigenvalue weighted by Gasteiger charge is 2.24. The second-order valence-electron chi connectivity index (χ2n) is 4.96. The number of carbonyl (C=O) groups excluding carboxylic acids is 1. The standard InChI is InChI=1S/C13H19N3O4/c1-16-8-9(7-14-16)12(13(18)19)15-11(17)5-4-10-3-2-6-20-10/h7-8,10,12H,2-6H2,1H3,(H,15,17)(H,18,19). The van der Waals surface area contributed by atoms with E-state index in [0.717, 1.165) is 19.4 Å². The molecule has 2 N–H and O–H groups in total. The minimum absolute atomic E-state index is 0.127. The number of hydrogen-bond acceptors (Lipinski definition) is 4. The molecule has 1 amide bonds. The largest absolute Gasteiger partial charge is 0.479 e. The number of carbonyl (C=O) groups is 2. The number of rotatable bonds is 6. The first-order valence-corrected chi connectivity index (χ1v) is 6.68. The van der Waals surface area contributed by atoms with Gasteiger partial charge in [-0.2, -0.15) is 5.10 Å². The Kier molecular flexibility index (Phi) is 4.73. The predicted molar refractivity (Wildman–Crippen MR) is 69.9 cm³/mol. The van der Waals surface area contributed by atoms with Crippen molar-refractivity contribution in [3.8, 4) is 0 Å². The van der Waals surface area contributed by atoms with Crippen LogP contribution in [0.25, 0.3) is 0 Å². The number of aryl methyl sites for hydroxylation is 1. The zero-order valence-electron chi connectivity index (χ0n) is 11.4. The summed E-state index contributed by atoms with van der Waals surface area (Å²) in [5.74, 6) is -1.37. The molecule has 110 valence electrons. The van der Waals surface area contributed by atoms with Crippen LogP contribution in [0.1, 0.15) is 37.3 Å². The fraction of sp³-hybridized carbons (Fsp3) is 0.615. The Morgan fingerprint density at radius 3 is 3.00 bits per heavy atom. The second kappa shape index (κ2) is 6.51. The van der Waals surface area contributed by atoms with E-state index >= 15 is 0 Å². The number of nitrogens with zero attached hydrogens (tertiary/aromatic N) is 2. The lowest BCUT2D eigenvalue weighted by Crippen LogP contribution is -2.33. The summed E-state index contributed by atoms with van der Waals surface area (Å²) < 4.78 is 6.94. The maximum Gasteiger partial charge on any atom is 0.331 e. The molecule has 0 saturated carbocycles. The van der Waals surface area contributed by atoms with Crippen LogP contribution in [0.3, 0.4) is 0 Å². The summed E-state index contributed by atoms with van der Waals surface area (Å²) in [6.45, 7) is 0.750.